The Balaban J connectivity index is 3.91. The summed E-state index contributed by atoms with van der Waals surface area (Å²) in [5, 5.41) is 14.4. The van der Waals surface area contributed by atoms with Gasteiger partial charge in [0.15, 0.2) is 0 Å². The van der Waals surface area contributed by atoms with Crippen molar-refractivity contribution in [2.75, 3.05) is 13.6 Å². The molecular formula is C13H24N2O4. The number of amides is 1. The predicted molar refractivity (Wildman–Crippen MR) is 71.8 cm³/mol. The second-order valence-electron chi connectivity index (χ2n) is 5.13. The number of hydrogen-bond acceptors (Lipinski definition) is 4. The first kappa shape index (κ1) is 17.6. The summed E-state index contributed by atoms with van der Waals surface area (Å²) in [7, 11) is 1.74. The highest BCUT2D eigenvalue weighted by atomic mass is 16.4. The zero-order chi connectivity index (χ0) is 15.1. The zero-order valence-corrected chi connectivity index (χ0v) is 12.1. The van der Waals surface area contributed by atoms with Gasteiger partial charge < -0.3 is 15.7 Å². The van der Waals surface area contributed by atoms with E-state index in [1.54, 1.807) is 14.0 Å². The molecule has 1 atom stereocenters. The molecule has 110 valence electrons. The van der Waals surface area contributed by atoms with Crippen molar-refractivity contribution >= 4 is 17.7 Å². The van der Waals surface area contributed by atoms with Gasteiger partial charge in [0.2, 0.25) is 5.91 Å². The van der Waals surface area contributed by atoms with E-state index < -0.39 is 17.3 Å². The monoisotopic (exact) mass is 272 g/mol. The van der Waals surface area contributed by atoms with Crippen molar-refractivity contribution in [2.24, 2.45) is 5.41 Å². The van der Waals surface area contributed by atoms with Gasteiger partial charge in [-0.2, -0.15) is 0 Å². The highest BCUT2D eigenvalue weighted by molar-refractivity contribution is 6.00. The van der Waals surface area contributed by atoms with Crippen LogP contribution in [0, 0.1) is 5.41 Å². The van der Waals surface area contributed by atoms with Crippen LogP contribution in [-0.2, 0) is 14.4 Å². The molecule has 3 N–H and O–H groups in total. The Morgan fingerprint density at radius 1 is 1.21 bits per heavy atom. The summed E-state index contributed by atoms with van der Waals surface area (Å²) < 4.78 is 0. The molecule has 0 unspecified atom stereocenters. The number of likely N-dealkylation sites (N-methyl/N-ethyl adjacent to an activating group) is 1. The first-order valence-corrected chi connectivity index (χ1v) is 6.43. The van der Waals surface area contributed by atoms with Gasteiger partial charge in [-0.3, -0.25) is 14.4 Å². The van der Waals surface area contributed by atoms with Gasteiger partial charge in [-0.15, -0.1) is 0 Å². The Morgan fingerprint density at radius 2 is 1.79 bits per heavy atom. The Hall–Kier alpha value is -1.43. The highest BCUT2D eigenvalue weighted by Gasteiger charge is 2.35. The van der Waals surface area contributed by atoms with E-state index in [0.29, 0.717) is 19.4 Å². The van der Waals surface area contributed by atoms with Crippen LogP contribution in [0.2, 0.25) is 0 Å². The molecule has 0 bridgehead atoms. The third-order valence-electron chi connectivity index (χ3n) is 3.15. The summed E-state index contributed by atoms with van der Waals surface area (Å²) in [6, 6.07) is -0.147. The van der Waals surface area contributed by atoms with Gasteiger partial charge >= 0.3 is 5.97 Å². The van der Waals surface area contributed by atoms with Crippen LogP contribution in [0.4, 0.5) is 0 Å². The van der Waals surface area contributed by atoms with Gasteiger partial charge in [0.25, 0.3) is 0 Å². The number of carbonyl (C=O) groups excluding carboxylic acids is 2. The number of Topliss-reactive ketones (excluding diaryl/α,β-unsaturated/α-hetero) is 1. The van der Waals surface area contributed by atoms with Crippen LogP contribution in [0.15, 0.2) is 0 Å². The number of carboxylic acid groups (broad SMARTS) is 1. The lowest BCUT2D eigenvalue weighted by Crippen LogP contribution is -2.42. The molecule has 0 fully saturated rings. The maximum atomic E-state index is 11.6. The average Bonchev–Trinajstić information content (AvgIpc) is 2.32. The van der Waals surface area contributed by atoms with Crippen LogP contribution in [0.5, 0.6) is 0 Å². The van der Waals surface area contributed by atoms with Crippen LogP contribution >= 0.6 is 0 Å². The van der Waals surface area contributed by atoms with Crippen molar-refractivity contribution in [1.29, 1.82) is 0 Å². The zero-order valence-electron chi connectivity index (χ0n) is 12.1. The Labute approximate surface area is 113 Å². The van der Waals surface area contributed by atoms with Gasteiger partial charge in [0, 0.05) is 6.54 Å². The molecule has 0 heterocycles. The van der Waals surface area contributed by atoms with E-state index >= 15 is 0 Å². The van der Waals surface area contributed by atoms with Crippen molar-refractivity contribution in [3.05, 3.63) is 0 Å². The van der Waals surface area contributed by atoms with Crippen LogP contribution < -0.4 is 10.6 Å². The fraction of sp³-hybridized carbons (Fsp3) is 0.769. The smallest absolute Gasteiger partial charge is 0.318 e. The molecule has 1 amide bonds. The number of aliphatic carboxylic acids is 1. The average molecular weight is 272 g/mol. The standard InChI is InChI=1S/C13H24N2O4/c1-9(16)10(14-4)7-5-6-8-15-11(17)13(2,3)12(18)19/h10,14H,5-8H2,1-4H3,(H,15,17)(H,18,19)/t10-/m0/s1. The number of carbonyl (C=O) groups is 3. The van der Waals surface area contributed by atoms with Gasteiger partial charge in [-0.1, -0.05) is 0 Å². The Morgan fingerprint density at radius 3 is 2.21 bits per heavy atom. The first-order chi connectivity index (χ1) is 8.73. The molecule has 0 aromatic heterocycles. The third kappa shape index (κ3) is 5.83. The molecule has 0 aromatic rings. The minimum Gasteiger partial charge on any atom is -0.480 e. The summed E-state index contributed by atoms with van der Waals surface area (Å²) in [6.07, 6.45) is 2.22. The molecule has 6 nitrogen and oxygen atoms in total. The molecule has 0 radical (unpaired) electrons. The Bertz CT molecular complexity index is 340. The molecule has 19 heavy (non-hydrogen) atoms. The van der Waals surface area contributed by atoms with Gasteiger partial charge in [0.05, 0.1) is 6.04 Å². The van der Waals surface area contributed by atoms with E-state index in [2.05, 4.69) is 10.6 Å². The van der Waals surface area contributed by atoms with E-state index in [1.807, 2.05) is 0 Å². The molecule has 0 aliphatic heterocycles. The van der Waals surface area contributed by atoms with Gasteiger partial charge in [-0.25, -0.2) is 0 Å². The predicted octanol–water partition coefficient (Wildman–Crippen LogP) is 0.561. The largest absolute Gasteiger partial charge is 0.480 e. The fourth-order valence-electron chi connectivity index (χ4n) is 1.54. The number of nitrogens with one attached hydrogen (secondary N) is 2. The second-order valence-corrected chi connectivity index (χ2v) is 5.13. The Kier molecular flexibility index (Phi) is 7.29. The van der Waals surface area contributed by atoms with Crippen molar-refractivity contribution in [2.45, 2.75) is 46.1 Å². The van der Waals surface area contributed by atoms with Crippen LogP contribution in [0.3, 0.4) is 0 Å². The van der Waals surface area contributed by atoms with Crippen molar-refractivity contribution in [3.63, 3.8) is 0 Å². The van der Waals surface area contributed by atoms with E-state index in [1.165, 1.54) is 13.8 Å². The van der Waals surface area contributed by atoms with Crippen LogP contribution in [-0.4, -0.2) is 42.4 Å². The van der Waals surface area contributed by atoms with Crippen LogP contribution in [0.25, 0.3) is 0 Å². The molecule has 0 aliphatic rings. The van der Waals surface area contributed by atoms with Crippen molar-refractivity contribution < 1.29 is 19.5 Å². The molecule has 0 saturated carbocycles. The van der Waals surface area contributed by atoms with Crippen molar-refractivity contribution in [3.8, 4) is 0 Å². The number of carboxylic acids is 1. The fourth-order valence-corrected chi connectivity index (χ4v) is 1.54. The van der Waals surface area contributed by atoms with E-state index in [4.69, 9.17) is 5.11 Å². The summed E-state index contributed by atoms with van der Waals surface area (Å²) in [4.78, 5) is 33.6. The molecule has 0 rings (SSSR count). The number of rotatable bonds is 9. The second kappa shape index (κ2) is 7.89. The minimum atomic E-state index is -1.41. The maximum Gasteiger partial charge on any atom is 0.318 e. The van der Waals surface area contributed by atoms with E-state index in [9.17, 15) is 14.4 Å². The lowest BCUT2D eigenvalue weighted by atomic mass is 9.92. The number of unbranched alkanes of at least 4 members (excludes halogenated alkanes) is 1. The number of hydrogen-bond donors (Lipinski definition) is 3. The molecule has 6 heteroatoms. The van der Waals surface area contributed by atoms with Gasteiger partial charge in [0.1, 0.15) is 11.2 Å². The highest BCUT2D eigenvalue weighted by Crippen LogP contribution is 2.14. The molecule has 0 saturated heterocycles. The van der Waals surface area contributed by atoms with Crippen LogP contribution in [0.1, 0.15) is 40.0 Å². The maximum absolute atomic E-state index is 11.6. The minimum absolute atomic E-state index is 0.0959. The summed E-state index contributed by atoms with van der Waals surface area (Å²) in [5.41, 5.74) is -1.41. The van der Waals surface area contributed by atoms with Gasteiger partial charge in [-0.05, 0) is 47.1 Å². The third-order valence-corrected chi connectivity index (χ3v) is 3.15. The van der Waals surface area contributed by atoms with E-state index in [0.717, 1.165) is 6.42 Å². The first-order valence-electron chi connectivity index (χ1n) is 6.43. The summed E-state index contributed by atoms with van der Waals surface area (Å²) >= 11 is 0. The normalized spacial score (nSPS) is 12.8. The molecule has 0 aromatic carbocycles. The quantitative estimate of drug-likeness (QED) is 0.421. The summed E-state index contributed by atoms with van der Waals surface area (Å²) in [6.45, 7) is 4.71. The topological polar surface area (TPSA) is 95.5 Å². The SMILES string of the molecule is CN[C@@H](CCCCNC(=O)C(C)(C)C(=O)O)C(C)=O. The summed E-state index contributed by atoms with van der Waals surface area (Å²) in [5.74, 6) is -1.54. The number of ketones is 1. The lowest BCUT2D eigenvalue weighted by molar-refractivity contribution is -0.153. The molecule has 0 aliphatic carbocycles. The molecular weight excluding hydrogens is 248 g/mol. The van der Waals surface area contributed by atoms with E-state index in [-0.39, 0.29) is 11.8 Å². The van der Waals surface area contributed by atoms with Crippen molar-refractivity contribution in [1.82, 2.24) is 10.6 Å². The molecule has 0 spiro atoms. The lowest BCUT2D eigenvalue weighted by Gasteiger charge is -2.18.